The molecular formula is C17H23N3O. The van der Waals surface area contributed by atoms with Crippen LogP contribution in [0.1, 0.15) is 46.5 Å². The lowest BCUT2D eigenvalue weighted by Gasteiger charge is -2.25. The van der Waals surface area contributed by atoms with Crippen LogP contribution in [0.25, 0.3) is 11.4 Å². The van der Waals surface area contributed by atoms with E-state index >= 15 is 0 Å². The lowest BCUT2D eigenvalue weighted by Crippen LogP contribution is -2.29. The molecule has 1 aromatic heterocycles. The van der Waals surface area contributed by atoms with Crippen LogP contribution in [-0.2, 0) is 0 Å². The van der Waals surface area contributed by atoms with Gasteiger partial charge in [-0.1, -0.05) is 50.1 Å². The second-order valence-electron chi connectivity index (χ2n) is 5.78. The van der Waals surface area contributed by atoms with E-state index in [1.165, 1.54) is 19.2 Å². The molecule has 0 atom stereocenters. The van der Waals surface area contributed by atoms with Gasteiger partial charge in [0.25, 0.3) is 0 Å². The number of ether oxygens (including phenoxy) is 1. The summed E-state index contributed by atoms with van der Waals surface area (Å²) in [7, 11) is 0. The molecule has 2 aromatic rings. The Hall–Kier alpha value is -1.97. The summed E-state index contributed by atoms with van der Waals surface area (Å²) in [6.45, 7) is 6.36. The molecule has 4 heteroatoms. The molecule has 0 saturated carbocycles. The van der Waals surface area contributed by atoms with E-state index in [-0.39, 0.29) is 5.60 Å². The highest BCUT2D eigenvalue weighted by Crippen LogP contribution is 2.22. The molecular weight excluding hydrogens is 262 g/mol. The van der Waals surface area contributed by atoms with Crippen LogP contribution in [0.4, 0.5) is 0 Å². The van der Waals surface area contributed by atoms with Crippen LogP contribution < -0.4 is 4.74 Å². The van der Waals surface area contributed by atoms with E-state index in [0.29, 0.717) is 11.8 Å². The average Bonchev–Trinajstić information content (AvgIpc) is 2.48. The van der Waals surface area contributed by atoms with Crippen molar-refractivity contribution in [3.63, 3.8) is 0 Å². The molecule has 1 aromatic carbocycles. The fourth-order valence-electron chi connectivity index (χ4n) is 2.16. The van der Waals surface area contributed by atoms with Crippen molar-refractivity contribution in [3.8, 4) is 17.4 Å². The Labute approximate surface area is 126 Å². The number of hydrogen-bond acceptors (Lipinski definition) is 4. The SMILES string of the molecule is CCCCCC(C)(C)Oc1ncnc(-c2ccccc2)n1. The summed E-state index contributed by atoms with van der Waals surface area (Å²) in [4.78, 5) is 12.8. The van der Waals surface area contributed by atoms with Crippen LogP contribution in [0, 0.1) is 0 Å². The molecule has 0 fully saturated rings. The molecule has 0 aliphatic heterocycles. The Morgan fingerprint density at radius 1 is 1.05 bits per heavy atom. The van der Waals surface area contributed by atoms with Gasteiger partial charge in [-0.2, -0.15) is 9.97 Å². The molecule has 112 valence electrons. The molecule has 0 radical (unpaired) electrons. The van der Waals surface area contributed by atoms with Crippen LogP contribution in [0.2, 0.25) is 0 Å². The second-order valence-corrected chi connectivity index (χ2v) is 5.78. The van der Waals surface area contributed by atoms with Crippen LogP contribution in [0.3, 0.4) is 0 Å². The summed E-state index contributed by atoms with van der Waals surface area (Å²) in [6.07, 6.45) is 6.08. The first-order chi connectivity index (χ1) is 10.1. The molecule has 0 unspecified atom stereocenters. The van der Waals surface area contributed by atoms with Crippen molar-refractivity contribution < 1.29 is 4.74 Å². The maximum atomic E-state index is 5.95. The molecule has 4 nitrogen and oxygen atoms in total. The van der Waals surface area contributed by atoms with Crippen molar-refractivity contribution in [1.82, 2.24) is 15.0 Å². The van der Waals surface area contributed by atoms with E-state index < -0.39 is 0 Å². The third-order valence-electron chi connectivity index (χ3n) is 3.33. The minimum Gasteiger partial charge on any atom is -0.457 e. The van der Waals surface area contributed by atoms with Gasteiger partial charge >= 0.3 is 6.01 Å². The molecule has 0 bridgehead atoms. The summed E-state index contributed by atoms with van der Waals surface area (Å²) < 4.78 is 5.95. The van der Waals surface area contributed by atoms with Crippen molar-refractivity contribution in [3.05, 3.63) is 36.7 Å². The number of benzene rings is 1. The molecule has 21 heavy (non-hydrogen) atoms. The molecule has 2 rings (SSSR count). The third kappa shape index (κ3) is 4.81. The highest BCUT2D eigenvalue weighted by molar-refractivity contribution is 5.54. The van der Waals surface area contributed by atoms with Crippen LogP contribution in [0.15, 0.2) is 36.7 Å². The number of unbranched alkanes of at least 4 members (excludes halogenated alkanes) is 2. The zero-order valence-electron chi connectivity index (χ0n) is 13.0. The predicted molar refractivity (Wildman–Crippen MR) is 84.1 cm³/mol. The number of aromatic nitrogens is 3. The van der Waals surface area contributed by atoms with E-state index in [2.05, 4.69) is 35.7 Å². The summed E-state index contributed by atoms with van der Waals surface area (Å²) in [5.74, 6) is 0.643. The molecule has 0 N–H and O–H groups in total. The van der Waals surface area contributed by atoms with Gasteiger partial charge in [0, 0.05) is 5.56 Å². The Kier molecular flexibility index (Phi) is 5.26. The van der Waals surface area contributed by atoms with Crippen LogP contribution in [-0.4, -0.2) is 20.6 Å². The van der Waals surface area contributed by atoms with Gasteiger partial charge < -0.3 is 4.74 Å². The lowest BCUT2D eigenvalue weighted by molar-refractivity contribution is 0.0840. The van der Waals surface area contributed by atoms with Gasteiger partial charge in [-0.15, -0.1) is 0 Å². The molecule has 0 amide bonds. The minimum atomic E-state index is -0.259. The summed E-state index contributed by atoms with van der Waals surface area (Å²) in [5, 5.41) is 0. The largest absolute Gasteiger partial charge is 0.457 e. The Balaban J connectivity index is 2.07. The molecule has 1 heterocycles. The first-order valence-electron chi connectivity index (χ1n) is 7.54. The second kappa shape index (κ2) is 7.16. The van der Waals surface area contributed by atoms with Gasteiger partial charge in [0.1, 0.15) is 11.9 Å². The Bertz CT molecular complexity index is 555. The monoisotopic (exact) mass is 285 g/mol. The summed E-state index contributed by atoms with van der Waals surface area (Å²) >= 11 is 0. The fourth-order valence-corrected chi connectivity index (χ4v) is 2.16. The topological polar surface area (TPSA) is 47.9 Å². The zero-order valence-corrected chi connectivity index (χ0v) is 13.0. The minimum absolute atomic E-state index is 0.259. The van der Waals surface area contributed by atoms with Gasteiger partial charge in [-0.3, -0.25) is 0 Å². The number of hydrogen-bond donors (Lipinski definition) is 0. The van der Waals surface area contributed by atoms with E-state index in [0.717, 1.165) is 18.4 Å². The maximum Gasteiger partial charge on any atom is 0.320 e. The van der Waals surface area contributed by atoms with Crippen molar-refractivity contribution in [2.45, 2.75) is 52.1 Å². The smallest absolute Gasteiger partial charge is 0.320 e. The van der Waals surface area contributed by atoms with Crippen molar-refractivity contribution in [2.75, 3.05) is 0 Å². The standard InChI is InChI=1S/C17H23N3O/c1-4-5-9-12-17(2,3)21-16-19-13-18-15(20-16)14-10-7-6-8-11-14/h6-8,10-11,13H,4-5,9,12H2,1-3H3. The first-order valence-corrected chi connectivity index (χ1v) is 7.54. The van der Waals surface area contributed by atoms with E-state index in [9.17, 15) is 0 Å². The maximum absolute atomic E-state index is 5.95. The predicted octanol–water partition coefficient (Wildman–Crippen LogP) is 4.28. The van der Waals surface area contributed by atoms with E-state index in [1.807, 2.05) is 30.3 Å². The highest BCUT2D eigenvalue weighted by Gasteiger charge is 2.21. The Morgan fingerprint density at radius 3 is 2.52 bits per heavy atom. The van der Waals surface area contributed by atoms with Crippen molar-refractivity contribution in [2.24, 2.45) is 0 Å². The normalized spacial score (nSPS) is 11.4. The lowest BCUT2D eigenvalue weighted by atomic mass is 10.0. The first kappa shape index (κ1) is 15.4. The van der Waals surface area contributed by atoms with Crippen molar-refractivity contribution >= 4 is 0 Å². The summed E-state index contributed by atoms with van der Waals surface area (Å²) in [6, 6.07) is 10.3. The molecule has 0 saturated heterocycles. The van der Waals surface area contributed by atoms with Gasteiger partial charge in [0.2, 0.25) is 0 Å². The fraction of sp³-hybridized carbons (Fsp3) is 0.471. The van der Waals surface area contributed by atoms with Gasteiger partial charge in [-0.05, 0) is 26.7 Å². The average molecular weight is 285 g/mol. The van der Waals surface area contributed by atoms with Gasteiger partial charge in [0.15, 0.2) is 5.82 Å². The quantitative estimate of drug-likeness (QED) is 0.712. The zero-order chi connectivity index (χ0) is 15.1. The number of nitrogens with zero attached hydrogens (tertiary/aromatic N) is 3. The number of rotatable bonds is 7. The van der Waals surface area contributed by atoms with Gasteiger partial charge in [-0.25, -0.2) is 4.98 Å². The Morgan fingerprint density at radius 2 is 1.81 bits per heavy atom. The van der Waals surface area contributed by atoms with Gasteiger partial charge in [0.05, 0.1) is 0 Å². The summed E-state index contributed by atoms with van der Waals surface area (Å²) in [5.41, 5.74) is 0.707. The van der Waals surface area contributed by atoms with Crippen LogP contribution >= 0.6 is 0 Å². The highest BCUT2D eigenvalue weighted by atomic mass is 16.5. The van der Waals surface area contributed by atoms with E-state index in [4.69, 9.17) is 4.74 Å². The molecule has 0 aliphatic carbocycles. The van der Waals surface area contributed by atoms with Crippen LogP contribution in [0.5, 0.6) is 6.01 Å². The molecule has 0 spiro atoms. The third-order valence-corrected chi connectivity index (χ3v) is 3.33. The van der Waals surface area contributed by atoms with E-state index in [1.54, 1.807) is 0 Å². The van der Waals surface area contributed by atoms with Crippen molar-refractivity contribution in [1.29, 1.82) is 0 Å². The molecule has 0 aliphatic rings.